The van der Waals surface area contributed by atoms with Crippen LogP contribution in [0.5, 0.6) is 0 Å². The summed E-state index contributed by atoms with van der Waals surface area (Å²) >= 11 is 0. The fraction of sp³-hybridized carbons (Fsp3) is 0.750. The van der Waals surface area contributed by atoms with E-state index in [-0.39, 0.29) is 63.7 Å². The molecule has 1 heterocycles. The Morgan fingerprint density at radius 3 is 2.20 bits per heavy atom. The van der Waals surface area contributed by atoms with Gasteiger partial charge in [-0.15, -0.1) is 0 Å². The van der Waals surface area contributed by atoms with Crippen molar-refractivity contribution < 1.29 is 14.3 Å². The molecule has 1 fully saturated rings. The molecule has 20 heavy (non-hydrogen) atoms. The van der Waals surface area contributed by atoms with Gasteiger partial charge in [-0.05, 0) is 12.8 Å². The Morgan fingerprint density at radius 2 is 1.65 bits per heavy atom. The summed E-state index contributed by atoms with van der Waals surface area (Å²) in [4.78, 5) is 22.1. The van der Waals surface area contributed by atoms with Crippen LogP contribution in [0.4, 0.5) is 0 Å². The molecule has 1 aliphatic rings. The fourth-order valence-corrected chi connectivity index (χ4v) is 2.30. The van der Waals surface area contributed by atoms with Crippen molar-refractivity contribution >= 4 is 63.3 Å². The first-order valence-electron chi connectivity index (χ1n) is 7.65. The van der Waals surface area contributed by atoms with E-state index in [9.17, 15) is 9.59 Å². The molecule has 1 atom stereocenters. The molecule has 1 rings (SSSR count). The summed E-state index contributed by atoms with van der Waals surface area (Å²) in [6, 6.07) is 0. The monoisotopic (exact) mass is 306 g/mol. The van der Waals surface area contributed by atoms with E-state index in [1.165, 1.54) is 51.4 Å². The Kier molecular flexibility index (Phi) is 13.5. The van der Waals surface area contributed by atoms with Crippen LogP contribution in [0, 0.1) is 5.92 Å². The molecule has 0 aromatic carbocycles. The summed E-state index contributed by atoms with van der Waals surface area (Å²) in [6.07, 6.45) is 15.5. The molecule has 1 saturated heterocycles. The van der Waals surface area contributed by atoms with Gasteiger partial charge in [-0.25, -0.2) is 0 Å². The Morgan fingerprint density at radius 1 is 1.05 bits per heavy atom. The summed E-state index contributed by atoms with van der Waals surface area (Å²) in [5.74, 6) is -1.12. The number of cyclic esters (lactones) is 2. The zero-order valence-corrected chi connectivity index (χ0v) is 12.0. The second kappa shape index (κ2) is 13.2. The van der Waals surface area contributed by atoms with E-state index in [2.05, 4.69) is 11.7 Å². The Labute approximate surface area is 165 Å². The van der Waals surface area contributed by atoms with Crippen LogP contribution in [0.15, 0.2) is 12.2 Å². The van der Waals surface area contributed by atoms with Crippen LogP contribution in [0.1, 0.15) is 71.1 Å². The molecule has 0 bridgehead atoms. The van der Waals surface area contributed by atoms with Crippen molar-refractivity contribution in [2.75, 3.05) is 0 Å². The van der Waals surface area contributed by atoms with Crippen LogP contribution in [0.2, 0.25) is 0 Å². The molecular formula is C16H27KO3. The van der Waals surface area contributed by atoms with Gasteiger partial charge >= 0.3 is 63.3 Å². The van der Waals surface area contributed by atoms with Gasteiger partial charge in [0, 0.05) is 0 Å². The van der Waals surface area contributed by atoms with Crippen LogP contribution in [0.3, 0.4) is 0 Å². The van der Waals surface area contributed by atoms with Crippen LogP contribution in [-0.2, 0) is 14.3 Å². The number of hydrogen-bond donors (Lipinski definition) is 0. The van der Waals surface area contributed by atoms with Gasteiger partial charge in [-0.1, -0.05) is 64.0 Å². The zero-order chi connectivity index (χ0) is 13.9. The summed E-state index contributed by atoms with van der Waals surface area (Å²) < 4.78 is 4.49. The van der Waals surface area contributed by atoms with Crippen molar-refractivity contribution in [3.05, 3.63) is 12.2 Å². The average molecular weight is 306 g/mol. The molecule has 0 saturated carbocycles. The molecule has 0 radical (unpaired) electrons. The second-order valence-electron chi connectivity index (χ2n) is 5.30. The van der Waals surface area contributed by atoms with Crippen LogP contribution in [-0.4, -0.2) is 63.3 Å². The molecule has 4 heteroatoms. The molecule has 0 aromatic rings. The molecule has 1 unspecified atom stereocenters. The predicted octanol–water partition coefficient (Wildman–Crippen LogP) is 3.51. The zero-order valence-electron chi connectivity index (χ0n) is 12.0. The van der Waals surface area contributed by atoms with Crippen molar-refractivity contribution in [2.24, 2.45) is 5.92 Å². The number of hydrogen-bond acceptors (Lipinski definition) is 3. The van der Waals surface area contributed by atoms with Gasteiger partial charge < -0.3 is 4.74 Å². The van der Waals surface area contributed by atoms with Gasteiger partial charge in [0.2, 0.25) is 0 Å². The Balaban J connectivity index is 0.00000361. The number of carbonyl (C=O) groups excluding carboxylic acids is 2. The van der Waals surface area contributed by atoms with Crippen molar-refractivity contribution in [3.63, 3.8) is 0 Å². The van der Waals surface area contributed by atoms with E-state index < -0.39 is 11.9 Å². The van der Waals surface area contributed by atoms with Crippen LogP contribution < -0.4 is 0 Å². The third-order valence-corrected chi connectivity index (χ3v) is 3.50. The van der Waals surface area contributed by atoms with Crippen molar-refractivity contribution in [1.82, 2.24) is 0 Å². The normalized spacial score (nSPS) is 18.4. The molecular weight excluding hydrogens is 279 g/mol. The molecule has 0 aromatic heterocycles. The molecule has 110 valence electrons. The maximum atomic E-state index is 11.2. The number of rotatable bonds is 10. The van der Waals surface area contributed by atoms with Crippen LogP contribution >= 0.6 is 0 Å². The van der Waals surface area contributed by atoms with E-state index >= 15 is 0 Å². The quantitative estimate of drug-likeness (QED) is 0.204. The number of ether oxygens (including phenoxy) is 1. The third kappa shape index (κ3) is 9.45. The predicted molar refractivity (Wildman–Crippen MR) is 82.7 cm³/mol. The Bertz CT molecular complexity index is 313. The van der Waals surface area contributed by atoms with E-state index in [1.54, 1.807) is 0 Å². The number of carbonyl (C=O) groups is 2. The van der Waals surface area contributed by atoms with E-state index in [0.29, 0.717) is 0 Å². The van der Waals surface area contributed by atoms with Gasteiger partial charge in [-0.2, -0.15) is 0 Å². The second-order valence-corrected chi connectivity index (χ2v) is 5.30. The molecule has 3 nitrogen and oxygen atoms in total. The minimum atomic E-state index is -0.397. The first-order chi connectivity index (χ1) is 9.24. The third-order valence-electron chi connectivity index (χ3n) is 3.50. The standard InChI is InChI=1S/C16H26O3.K.H/c1-2-3-4-5-6-7-8-9-10-11-12-14-13-15(17)19-16(14)18;;/h11-12,14H,2-10,13H2,1H3;;. The van der Waals surface area contributed by atoms with Crippen molar-refractivity contribution in [1.29, 1.82) is 0 Å². The summed E-state index contributed by atoms with van der Waals surface area (Å²) in [5.41, 5.74) is 0. The van der Waals surface area contributed by atoms with Gasteiger partial charge in [0.05, 0.1) is 12.3 Å². The van der Waals surface area contributed by atoms with Crippen molar-refractivity contribution in [2.45, 2.75) is 71.1 Å². The average Bonchev–Trinajstić information content (AvgIpc) is 2.70. The Hall–Kier alpha value is 0.516. The van der Waals surface area contributed by atoms with E-state index in [0.717, 1.165) is 6.42 Å². The fourth-order valence-electron chi connectivity index (χ4n) is 2.30. The molecule has 0 N–H and O–H groups in total. The van der Waals surface area contributed by atoms with E-state index in [4.69, 9.17) is 0 Å². The molecule has 0 amide bonds. The number of esters is 2. The SMILES string of the molecule is CCCCCCCCCCC=CC1CC(=O)OC1=O.[KH]. The molecule has 0 spiro atoms. The summed E-state index contributed by atoms with van der Waals surface area (Å²) in [6.45, 7) is 2.24. The topological polar surface area (TPSA) is 43.4 Å². The summed E-state index contributed by atoms with van der Waals surface area (Å²) in [7, 11) is 0. The van der Waals surface area contributed by atoms with Crippen molar-refractivity contribution in [3.8, 4) is 0 Å². The van der Waals surface area contributed by atoms with Gasteiger partial charge in [-0.3, -0.25) is 9.59 Å². The van der Waals surface area contributed by atoms with Gasteiger partial charge in [0.1, 0.15) is 0 Å². The molecule has 0 aliphatic carbocycles. The van der Waals surface area contributed by atoms with E-state index in [1.807, 2.05) is 12.2 Å². The molecule has 1 aliphatic heterocycles. The van der Waals surface area contributed by atoms with Crippen LogP contribution in [0.25, 0.3) is 0 Å². The van der Waals surface area contributed by atoms with Gasteiger partial charge in [0.25, 0.3) is 0 Å². The first kappa shape index (κ1) is 20.5. The summed E-state index contributed by atoms with van der Waals surface area (Å²) in [5, 5.41) is 0. The minimum absolute atomic E-state index is 0. The van der Waals surface area contributed by atoms with Gasteiger partial charge in [0.15, 0.2) is 0 Å². The maximum absolute atomic E-state index is 11.2. The first-order valence-corrected chi connectivity index (χ1v) is 7.65. The number of unbranched alkanes of at least 4 members (excludes halogenated alkanes) is 8. The number of allylic oxidation sites excluding steroid dienone is 1.